The lowest BCUT2D eigenvalue weighted by Crippen LogP contribution is -2.03. The van der Waals surface area contributed by atoms with Crippen LogP contribution < -0.4 is 0 Å². The van der Waals surface area contributed by atoms with Gasteiger partial charge in [-0.05, 0) is 35.6 Å². The van der Waals surface area contributed by atoms with Crippen LogP contribution in [0.5, 0.6) is 0 Å². The SMILES string of the molecule is Cc1cc(I)nn1Cc1cnn(C)c1. The molecule has 0 amide bonds. The maximum absolute atomic E-state index is 4.38. The third-order valence-electron chi connectivity index (χ3n) is 2.04. The molecule has 2 rings (SSSR count). The van der Waals surface area contributed by atoms with E-state index in [1.165, 1.54) is 11.3 Å². The van der Waals surface area contributed by atoms with Gasteiger partial charge in [0.1, 0.15) is 3.70 Å². The van der Waals surface area contributed by atoms with Crippen LogP contribution in [-0.2, 0) is 13.6 Å². The van der Waals surface area contributed by atoms with Gasteiger partial charge in [-0.15, -0.1) is 0 Å². The first-order valence-corrected chi connectivity index (χ1v) is 5.40. The number of hydrogen-bond acceptors (Lipinski definition) is 2. The molecule has 0 aromatic carbocycles. The fourth-order valence-electron chi connectivity index (χ4n) is 1.36. The Morgan fingerprint density at radius 2 is 2.29 bits per heavy atom. The van der Waals surface area contributed by atoms with Crippen molar-refractivity contribution in [1.29, 1.82) is 0 Å². The van der Waals surface area contributed by atoms with Gasteiger partial charge >= 0.3 is 0 Å². The summed E-state index contributed by atoms with van der Waals surface area (Å²) in [7, 11) is 1.92. The molecule has 0 spiro atoms. The number of aromatic nitrogens is 4. The Labute approximate surface area is 96.1 Å². The first kappa shape index (κ1) is 9.70. The Bertz CT molecular complexity index is 443. The molecule has 2 aromatic rings. The monoisotopic (exact) mass is 302 g/mol. The Kier molecular flexibility index (Phi) is 2.58. The van der Waals surface area contributed by atoms with Crippen LogP contribution in [-0.4, -0.2) is 19.6 Å². The highest BCUT2D eigenvalue weighted by atomic mass is 127. The van der Waals surface area contributed by atoms with Crippen molar-refractivity contribution < 1.29 is 0 Å². The summed E-state index contributed by atoms with van der Waals surface area (Å²) in [6.07, 6.45) is 3.88. The first-order valence-electron chi connectivity index (χ1n) is 4.32. The summed E-state index contributed by atoms with van der Waals surface area (Å²) in [5.41, 5.74) is 2.35. The van der Waals surface area contributed by atoms with E-state index in [2.05, 4.69) is 45.8 Å². The molecule has 5 heteroatoms. The minimum atomic E-state index is 0.794. The molecule has 2 aromatic heterocycles. The average Bonchev–Trinajstić information content (AvgIpc) is 2.61. The minimum absolute atomic E-state index is 0.794. The Hall–Kier alpha value is -0.850. The van der Waals surface area contributed by atoms with Gasteiger partial charge in [0.05, 0.1) is 12.7 Å². The van der Waals surface area contributed by atoms with Crippen LogP contribution in [0.4, 0.5) is 0 Å². The quantitative estimate of drug-likeness (QED) is 0.790. The number of nitrogens with zero attached hydrogens (tertiary/aromatic N) is 4. The van der Waals surface area contributed by atoms with Crippen molar-refractivity contribution in [2.24, 2.45) is 7.05 Å². The van der Waals surface area contributed by atoms with Crippen molar-refractivity contribution in [3.05, 3.63) is 33.4 Å². The summed E-state index contributed by atoms with van der Waals surface area (Å²) in [6.45, 7) is 2.86. The fraction of sp³-hybridized carbons (Fsp3) is 0.333. The molecule has 4 nitrogen and oxygen atoms in total. The lowest BCUT2D eigenvalue weighted by atomic mass is 10.3. The largest absolute Gasteiger partial charge is 0.275 e. The summed E-state index contributed by atoms with van der Waals surface area (Å²) < 4.78 is 4.82. The Morgan fingerprint density at radius 3 is 2.79 bits per heavy atom. The molecule has 0 radical (unpaired) electrons. The highest BCUT2D eigenvalue weighted by Gasteiger charge is 2.03. The Morgan fingerprint density at radius 1 is 1.50 bits per heavy atom. The maximum Gasteiger partial charge on any atom is 0.123 e. The smallest absolute Gasteiger partial charge is 0.123 e. The van der Waals surface area contributed by atoms with Crippen LogP contribution in [0.3, 0.4) is 0 Å². The maximum atomic E-state index is 4.38. The lowest BCUT2D eigenvalue weighted by molar-refractivity contribution is 0.659. The van der Waals surface area contributed by atoms with E-state index in [9.17, 15) is 0 Å². The number of rotatable bonds is 2. The van der Waals surface area contributed by atoms with E-state index in [0.717, 1.165) is 10.2 Å². The van der Waals surface area contributed by atoms with Gasteiger partial charge in [-0.2, -0.15) is 10.2 Å². The predicted molar refractivity (Wildman–Crippen MR) is 62.0 cm³/mol. The molecule has 0 aliphatic rings. The van der Waals surface area contributed by atoms with Gasteiger partial charge in [0.15, 0.2) is 0 Å². The van der Waals surface area contributed by atoms with Crippen molar-refractivity contribution in [3.8, 4) is 0 Å². The van der Waals surface area contributed by atoms with Gasteiger partial charge in [-0.25, -0.2) is 0 Å². The van der Waals surface area contributed by atoms with Gasteiger partial charge in [0.2, 0.25) is 0 Å². The van der Waals surface area contributed by atoms with Crippen LogP contribution in [0.1, 0.15) is 11.3 Å². The molecular weight excluding hydrogens is 291 g/mol. The molecule has 2 heterocycles. The van der Waals surface area contributed by atoms with Crippen molar-refractivity contribution in [3.63, 3.8) is 0 Å². The molecule has 0 saturated carbocycles. The molecular formula is C9H11IN4. The van der Waals surface area contributed by atoms with Crippen LogP contribution in [0.15, 0.2) is 18.5 Å². The molecule has 74 valence electrons. The zero-order valence-electron chi connectivity index (χ0n) is 8.11. The normalized spacial score (nSPS) is 10.8. The number of halogens is 1. The first-order chi connectivity index (χ1) is 6.65. The van der Waals surface area contributed by atoms with Gasteiger partial charge in [-0.3, -0.25) is 9.36 Å². The van der Waals surface area contributed by atoms with E-state index in [1.54, 1.807) is 4.68 Å². The molecule has 0 aliphatic heterocycles. The van der Waals surface area contributed by atoms with Gasteiger partial charge < -0.3 is 0 Å². The van der Waals surface area contributed by atoms with Gasteiger partial charge in [0.25, 0.3) is 0 Å². The second kappa shape index (κ2) is 3.72. The summed E-state index contributed by atoms with van der Waals surface area (Å²) in [5, 5.41) is 8.50. The molecule has 0 bridgehead atoms. The molecule has 0 aliphatic carbocycles. The van der Waals surface area contributed by atoms with Crippen molar-refractivity contribution in [2.45, 2.75) is 13.5 Å². The van der Waals surface area contributed by atoms with E-state index in [4.69, 9.17) is 0 Å². The third kappa shape index (κ3) is 1.97. The van der Waals surface area contributed by atoms with Crippen molar-refractivity contribution in [2.75, 3.05) is 0 Å². The summed E-state index contributed by atoms with van der Waals surface area (Å²) in [5.74, 6) is 0. The molecule has 0 fully saturated rings. The minimum Gasteiger partial charge on any atom is -0.275 e. The summed E-state index contributed by atoms with van der Waals surface area (Å²) in [4.78, 5) is 0. The van der Waals surface area contributed by atoms with E-state index < -0.39 is 0 Å². The lowest BCUT2D eigenvalue weighted by Gasteiger charge is -2.00. The zero-order chi connectivity index (χ0) is 10.1. The highest BCUT2D eigenvalue weighted by Crippen LogP contribution is 2.08. The van der Waals surface area contributed by atoms with E-state index >= 15 is 0 Å². The average molecular weight is 302 g/mol. The predicted octanol–water partition coefficient (Wildman–Crippen LogP) is 1.58. The van der Waals surface area contributed by atoms with Crippen LogP contribution in [0.2, 0.25) is 0 Å². The highest BCUT2D eigenvalue weighted by molar-refractivity contribution is 14.1. The fourth-order valence-corrected chi connectivity index (χ4v) is 2.07. The number of hydrogen-bond donors (Lipinski definition) is 0. The summed E-state index contributed by atoms with van der Waals surface area (Å²) in [6, 6.07) is 2.07. The van der Waals surface area contributed by atoms with Crippen LogP contribution >= 0.6 is 22.6 Å². The standard InChI is InChI=1S/C9H11IN4/c1-7-3-9(10)12-14(7)6-8-4-11-13(2)5-8/h3-5H,6H2,1-2H3. The van der Waals surface area contributed by atoms with Crippen molar-refractivity contribution in [1.82, 2.24) is 19.6 Å². The van der Waals surface area contributed by atoms with Crippen molar-refractivity contribution >= 4 is 22.6 Å². The number of aryl methyl sites for hydroxylation is 2. The van der Waals surface area contributed by atoms with E-state index in [0.29, 0.717) is 0 Å². The van der Waals surface area contributed by atoms with E-state index in [1.807, 2.05) is 24.1 Å². The van der Waals surface area contributed by atoms with E-state index in [-0.39, 0.29) is 0 Å². The van der Waals surface area contributed by atoms with Crippen LogP contribution in [0, 0.1) is 10.6 Å². The molecule has 0 N–H and O–H groups in total. The topological polar surface area (TPSA) is 35.6 Å². The third-order valence-corrected chi connectivity index (χ3v) is 2.57. The molecule has 0 saturated heterocycles. The Balaban J connectivity index is 2.22. The van der Waals surface area contributed by atoms with Gasteiger partial charge in [0, 0.05) is 24.5 Å². The molecule has 14 heavy (non-hydrogen) atoms. The second-order valence-corrected chi connectivity index (χ2v) is 4.39. The van der Waals surface area contributed by atoms with Gasteiger partial charge in [-0.1, -0.05) is 0 Å². The second-order valence-electron chi connectivity index (χ2n) is 3.29. The summed E-state index contributed by atoms with van der Waals surface area (Å²) >= 11 is 2.22. The molecule has 0 unspecified atom stereocenters. The molecule has 0 atom stereocenters. The zero-order valence-corrected chi connectivity index (χ0v) is 10.3. The van der Waals surface area contributed by atoms with Crippen LogP contribution in [0.25, 0.3) is 0 Å².